The van der Waals surface area contributed by atoms with Crippen LogP contribution in [-0.4, -0.2) is 42.6 Å². The van der Waals surface area contributed by atoms with Crippen LogP contribution in [0.1, 0.15) is 15.9 Å². The zero-order valence-corrected chi connectivity index (χ0v) is 13.6. The molecule has 0 unspecified atom stereocenters. The number of methoxy groups -OCH3 is 1. The summed E-state index contributed by atoms with van der Waals surface area (Å²) in [6, 6.07) is 13.1. The van der Waals surface area contributed by atoms with E-state index in [1.807, 2.05) is 24.3 Å². The number of nitrogens with zero attached hydrogens (tertiary/aromatic N) is 1. The predicted octanol–water partition coefficient (Wildman–Crippen LogP) is 2.22. The second-order valence-corrected chi connectivity index (χ2v) is 5.19. The van der Waals surface area contributed by atoms with Crippen LogP contribution in [0.3, 0.4) is 0 Å². The van der Waals surface area contributed by atoms with Crippen molar-refractivity contribution in [1.29, 1.82) is 0 Å². The molecule has 0 bridgehead atoms. The molecule has 0 spiro atoms. The summed E-state index contributed by atoms with van der Waals surface area (Å²) in [6.45, 7) is -0.0351. The number of phenols is 1. The second-order valence-electron chi connectivity index (χ2n) is 5.19. The summed E-state index contributed by atoms with van der Waals surface area (Å²) in [5, 5.41) is 9.35. The van der Waals surface area contributed by atoms with Gasteiger partial charge in [-0.3, -0.25) is 4.79 Å². The van der Waals surface area contributed by atoms with Crippen LogP contribution < -0.4 is 4.74 Å². The Hall–Kier alpha value is -3.02. The van der Waals surface area contributed by atoms with E-state index in [2.05, 4.69) is 0 Å². The van der Waals surface area contributed by atoms with Gasteiger partial charge in [0, 0.05) is 19.2 Å². The first-order valence-corrected chi connectivity index (χ1v) is 7.33. The number of hydrogen-bond donors (Lipinski definition) is 1. The Labute approximate surface area is 140 Å². The number of amides is 1. The van der Waals surface area contributed by atoms with E-state index in [0.29, 0.717) is 12.3 Å². The maximum absolute atomic E-state index is 12.1. The minimum absolute atomic E-state index is 0.0379. The Morgan fingerprint density at radius 1 is 1.12 bits per heavy atom. The van der Waals surface area contributed by atoms with Gasteiger partial charge in [0.25, 0.3) is 5.91 Å². The molecule has 0 fully saturated rings. The first-order chi connectivity index (χ1) is 11.5. The Morgan fingerprint density at radius 3 is 2.58 bits per heavy atom. The topological polar surface area (TPSA) is 76.1 Å². The molecule has 2 aromatic carbocycles. The summed E-state index contributed by atoms with van der Waals surface area (Å²) in [5.41, 5.74) is 1.05. The van der Waals surface area contributed by atoms with Crippen LogP contribution in [0.25, 0.3) is 0 Å². The van der Waals surface area contributed by atoms with E-state index in [1.165, 1.54) is 29.2 Å². The highest BCUT2D eigenvalue weighted by Gasteiger charge is 2.15. The van der Waals surface area contributed by atoms with Crippen LogP contribution in [-0.2, 0) is 16.1 Å². The van der Waals surface area contributed by atoms with Crippen molar-refractivity contribution in [3.8, 4) is 11.5 Å². The van der Waals surface area contributed by atoms with E-state index in [4.69, 9.17) is 9.47 Å². The monoisotopic (exact) mass is 329 g/mol. The highest BCUT2D eigenvalue weighted by Crippen LogP contribution is 2.18. The SMILES string of the molecule is COc1ccccc1CN(C)C(=O)COC(=O)c1cccc(O)c1. The molecule has 24 heavy (non-hydrogen) atoms. The lowest BCUT2D eigenvalue weighted by molar-refractivity contribution is -0.133. The van der Waals surface area contributed by atoms with E-state index in [9.17, 15) is 14.7 Å². The van der Waals surface area contributed by atoms with Gasteiger partial charge in [-0.15, -0.1) is 0 Å². The first-order valence-electron chi connectivity index (χ1n) is 7.33. The van der Waals surface area contributed by atoms with Crippen LogP contribution in [0, 0.1) is 0 Å². The summed E-state index contributed by atoms with van der Waals surface area (Å²) in [7, 11) is 3.19. The minimum atomic E-state index is -0.662. The molecule has 2 rings (SSSR count). The molecule has 0 radical (unpaired) electrons. The molecule has 0 aromatic heterocycles. The highest BCUT2D eigenvalue weighted by molar-refractivity contribution is 5.91. The van der Waals surface area contributed by atoms with Gasteiger partial charge in [-0.05, 0) is 24.3 Å². The number of carbonyl (C=O) groups excluding carboxylic acids is 2. The standard InChI is InChI=1S/C18H19NO5/c1-19(11-14-6-3-4-9-16(14)23-2)17(21)12-24-18(22)13-7-5-8-15(20)10-13/h3-10,20H,11-12H2,1-2H3. The van der Waals surface area contributed by atoms with E-state index in [-0.39, 0.29) is 23.8 Å². The van der Waals surface area contributed by atoms with Gasteiger partial charge in [-0.2, -0.15) is 0 Å². The molecule has 6 nitrogen and oxygen atoms in total. The second kappa shape index (κ2) is 8.01. The van der Waals surface area contributed by atoms with Gasteiger partial charge in [0.1, 0.15) is 11.5 Å². The molecule has 0 saturated carbocycles. The molecule has 0 saturated heterocycles. The van der Waals surface area contributed by atoms with E-state index in [0.717, 1.165) is 5.56 Å². The molecule has 1 N–H and O–H groups in total. The number of carbonyl (C=O) groups is 2. The summed E-state index contributed by atoms with van der Waals surface area (Å²) < 4.78 is 10.2. The van der Waals surface area contributed by atoms with E-state index in [1.54, 1.807) is 14.2 Å². The lowest BCUT2D eigenvalue weighted by atomic mass is 10.2. The fraction of sp³-hybridized carbons (Fsp3) is 0.222. The zero-order chi connectivity index (χ0) is 17.5. The summed E-state index contributed by atoms with van der Waals surface area (Å²) in [5.74, 6) is -0.350. The fourth-order valence-corrected chi connectivity index (χ4v) is 2.13. The Kier molecular flexibility index (Phi) is 5.78. The van der Waals surface area contributed by atoms with Crippen LogP contribution in [0.15, 0.2) is 48.5 Å². The number of benzene rings is 2. The van der Waals surface area contributed by atoms with Gasteiger partial charge in [0.15, 0.2) is 6.61 Å². The number of likely N-dealkylation sites (N-methyl/N-ethyl adjacent to an activating group) is 1. The van der Waals surface area contributed by atoms with Crippen molar-refractivity contribution in [3.05, 3.63) is 59.7 Å². The largest absolute Gasteiger partial charge is 0.508 e. The Morgan fingerprint density at radius 2 is 1.88 bits per heavy atom. The minimum Gasteiger partial charge on any atom is -0.508 e. The number of phenolic OH excluding ortho intramolecular Hbond substituents is 1. The smallest absolute Gasteiger partial charge is 0.338 e. The third-order valence-corrected chi connectivity index (χ3v) is 3.43. The van der Waals surface area contributed by atoms with Crippen molar-refractivity contribution in [2.24, 2.45) is 0 Å². The molecule has 6 heteroatoms. The van der Waals surface area contributed by atoms with Crippen LogP contribution in [0.2, 0.25) is 0 Å². The van der Waals surface area contributed by atoms with Gasteiger partial charge >= 0.3 is 5.97 Å². The molecule has 126 valence electrons. The molecule has 0 aliphatic heterocycles. The van der Waals surface area contributed by atoms with Crippen molar-refractivity contribution in [1.82, 2.24) is 4.90 Å². The van der Waals surface area contributed by atoms with Crippen LogP contribution >= 0.6 is 0 Å². The number of esters is 1. The van der Waals surface area contributed by atoms with Crippen molar-refractivity contribution in [2.45, 2.75) is 6.54 Å². The summed E-state index contributed by atoms with van der Waals surface area (Å²) >= 11 is 0. The van der Waals surface area contributed by atoms with Gasteiger partial charge in [0.2, 0.25) is 0 Å². The third-order valence-electron chi connectivity index (χ3n) is 3.43. The van der Waals surface area contributed by atoms with Gasteiger partial charge in [-0.25, -0.2) is 4.79 Å². The first kappa shape index (κ1) is 17.3. The lowest BCUT2D eigenvalue weighted by Gasteiger charge is -2.18. The number of rotatable bonds is 6. The molecule has 0 aliphatic rings. The molecule has 0 heterocycles. The maximum Gasteiger partial charge on any atom is 0.338 e. The Bertz CT molecular complexity index is 729. The van der Waals surface area contributed by atoms with E-state index >= 15 is 0 Å². The Balaban J connectivity index is 1.91. The third kappa shape index (κ3) is 4.49. The van der Waals surface area contributed by atoms with E-state index < -0.39 is 5.97 Å². The quantitative estimate of drug-likeness (QED) is 0.822. The number of aromatic hydroxyl groups is 1. The van der Waals surface area contributed by atoms with Crippen molar-refractivity contribution < 1.29 is 24.2 Å². The summed E-state index contributed by atoms with van der Waals surface area (Å²) in [6.07, 6.45) is 0. The van der Waals surface area contributed by atoms with Crippen molar-refractivity contribution in [2.75, 3.05) is 20.8 Å². The normalized spacial score (nSPS) is 10.1. The fourth-order valence-electron chi connectivity index (χ4n) is 2.13. The zero-order valence-electron chi connectivity index (χ0n) is 13.6. The molecule has 0 aliphatic carbocycles. The molecule has 0 atom stereocenters. The maximum atomic E-state index is 12.1. The predicted molar refractivity (Wildman–Crippen MR) is 87.9 cm³/mol. The number of ether oxygens (including phenoxy) is 2. The number of hydrogen-bond acceptors (Lipinski definition) is 5. The molecule has 1 amide bonds. The van der Waals surface area contributed by atoms with Crippen LogP contribution in [0.4, 0.5) is 0 Å². The van der Waals surface area contributed by atoms with Crippen LogP contribution in [0.5, 0.6) is 11.5 Å². The highest BCUT2D eigenvalue weighted by atomic mass is 16.5. The van der Waals surface area contributed by atoms with Crippen molar-refractivity contribution in [3.63, 3.8) is 0 Å². The number of para-hydroxylation sites is 1. The molecular formula is C18H19NO5. The van der Waals surface area contributed by atoms with Gasteiger partial charge in [0.05, 0.1) is 12.7 Å². The van der Waals surface area contributed by atoms with Gasteiger partial charge < -0.3 is 19.5 Å². The molecule has 2 aromatic rings. The van der Waals surface area contributed by atoms with Crippen molar-refractivity contribution >= 4 is 11.9 Å². The molecular weight excluding hydrogens is 310 g/mol. The van der Waals surface area contributed by atoms with Gasteiger partial charge in [-0.1, -0.05) is 24.3 Å². The average molecular weight is 329 g/mol. The summed E-state index contributed by atoms with van der Waals surface area (Å²) in [4.78, 5) is 25.4. The lowest BCUT2D eigenvalue weighted by Crippen LogP contribution is -2.31. The average Bonchev–Trinajstić information content (AvgIpc) is 2.59.